The van der Waals surface area contributed by atoms with Crippen molar-refractivity contribution in [2.24, 2.45) is 0 Å². The lowest BCUT2D eigenvalue weighted by molar-refractivity contribution is 0.0784. The highest BCUT2D eigenvalue weighted by Crippen LogP contribution is 2.28. The Labute approximate surface area is 141 Å². The molecule has 2 rings (SSSR count). The zero-order valence-electron chi connectivity index (χ0n) is 13.5. The van der Waals surface area contributed by atoms with Crippen LogP contribution in [0.1, 0.15) is 22.8 Å². The first-order valence-corrected chi connectivity index (χ1v) is 7.74. The summed E-state index contributed by atoms with van der Waals surface area (Å²) in [6, 6.07) is 12.7. The maximum Gasteiger partial charge on any atom is 0.254 e. The molecule has 0 radical (unpaired) electrons. The van der Waals surface area contributed by atoms with Gasteiger partial charge in [-0.2, -0.15) is 0 Å². The normalized spacial score (nSPS) is 10.3. The van der Waals surface area contributed by atoms with Crippen LogP contribution < -0.4 is 9.47 Å². The van der Waals surface area contributed by atoms with Crippen molar-refractivity contribution in [1.82, 2.24) is 4.90 Å². The van der Waals surface area contributed by atoms with Crippen LogP contribution in [-0.4, -0.2) is 31.6 Å². The zero-order chi connectivity index (χ0) is 16.8. The number of halogens is 1. The van der Waals surface area contributed by atoms with E-state index in [1.165, 1.54) is 0 Å². The monoisotopic (exact) mass is 333 g/mol. The van der Waals surface area contributed by atoms with Gasteiger partial charge in [0.1, 0.15) is 0 Å². The standard InChI is InChI=1S/C18H20ClNO3/c1-4-23-17-11-13(9-10-16(17)22-3)18(21)20(2)12-14-7-5-6-8-15(14)19/h5-11H,4,12H2,1-3H3. The highest BCUT2D eigenvalue weighted by atomic mass is 35.5. The molecule has 0 unspecified atom stereocenters. The zero-order valence-corrected chi connectivity index (χ0v) is 14.3. The Kier molecular flexibility index (Phi) is 5.88. The predicted molar refractivity (Wildman–Crippen MR) is 91.4 cm³/mol. The van der Waals surface area contributed by atoms with Crippen molar-refractivity contribution < 1.29 is 14.3 Å². The Hall–Kier alpha value is -2.20. The third kappa shape index (κ3) is 4.17. The van der Waals surface area contributed by atoms with Crippen LogP contribution in [-0.2, 0) is 6.54 Å². The van der Waals surface area contributed by atoms with Crippen molar-refractivity contribution in [2.75, 3.05) is 20.8 Å². The van der Waals surface area contributed by atoms with Crippen LogP contribution in [0.3, 0.4) is 0 Å². The minimum absolute atomic E-state index is 0.103. The fourth-order valence-corrected chi connectivity index (χ4v) is 2.45. The van der Waals surface area contributed by atoms with Gasteiger partial charge < -0.3 is 14.4 Å². The molecule has 0 fully saturated rings. The first-order valence-electron chi connectivity index (χ1n) is 7.36. The minimum atomic E-state index is -0.103. The summed E-state index contributed by atoms with van der Waals surface area (Å²) in [4.78, 5) is 14.2. The number of carbonyl (C=O) groups excluding carboxylic acids is 1. The topological polar surface area (TPSA) is 38.8 Å². The van der Waals surface area contributed by atoms with Crippen molar-refractivity contribution in [1.29, 1.82) is 0 Å². The highest BCUT2D eigenvalue weighted by Gasteiger charge is 2.16. The molecule has 0 aliphatic rings. The molecule has 0 aliphatic heterocycles. The van der Waals surface area contributed by atoms with Crippen LogP contribution >= 0.6 is 11.6 Å². The lowest BCUT2D eigenvalue weighted by Crippen LogP contribution is -2.26. The van der Waals surface area contributed by atoms with Gasteiger partial charge in [0.2, 0.25) is 0 Å². The van der Waals surface area contributed by atoms with Gasteiger partial charge in [-0.1, -0.05) is 29.8 Å². The molecule has 0 atom stereocenters. The number of rotatable bonds is 6. The molecule has 0 spiro atoms. The molecule has 0 aromatic heterocycles. The molecule has 5 heteroatoms. The second-order valence-corrected chi connectivity index (χ2v) is 5.46. The van der Waals surface area contributed by atoms with Crippen molar-refractivity contribution in [3.8, 4) is 11.5 Å². The smallest absolute Gasteiger partial charge is 0.254 e. The van der Waals surface area contributed by atoms with Gasteiger partial charge in [-0.05, 0) is 36.8 Å². The summed E-state index contributed by atoms with van der Waals surface area (Å²) in [5.41, 5.74) is 1.45. The van der Waals surface area contributed by atoms with E-state index in [0.717, 1.165) is 5.56 Å². The lowest BCUT2D eigenvalue weighted by Gasteiger charge is -2.19. The second-order valence-electron chi connectivity index (χ2n) is 5.05. The second kappa shape index (κ2) is 7.88. The SMILES string of the molecule is CCOc1cc(C(=O)N(C)Cc2ccccc2Cl)ccc1OC. The molecule has 2 aromatic rings. The molecular formula is C18H20ClNO3. The Balaban J connectivity index is 2.19. The van der Waals surface area contributed by atoms with Crippen molar-refractivity contribution >= 4 is 17.5 Å². The number of amides is 1. The maximum atomic E-state index is 12.6. The van der Waals surface area contributed by atoms with E-state index in [2.05, 4.69) is 0 Å². The van der Waals surface area contributed by atoms with E-state index in [-0.39, 0.29) is 5.91 Å². The van der Waals surface area contributed by atoms with E-state index >= 15 is 0 Å². The van der Waals surface area contributed by atoms with Crippen LogP contribution in [0.2, 0.25) is 5.02 Å². The van der Waals surface area contributed by atoms with Crippen LogP contribution in [0.25, 0.3) is 0 Å². The van der Waals surface area contributed by atoms with Gasteiger partial charge in [0.25, 0.3) is 5.91 Å². The van der Waals surface area contributed by atoms with Crippen molar-refractivity contribution in [3.63, 3.8) is 0 Å². The Morgan fingerprint density at radius 3 is 2.57 bits per heavy atom. The summed E-state index contributed by atoms with van der Waals surface area (Å²) in [5, 5.41) is 0.650. The van der Waals surface area contributed by atoms with Crippen LogP contribution in [0.5, 0.6) is 11.5 Å². The Morgan fingerprint density at radius 2 is 1.91 bits per heavy atom. The molecule has 0 bridgehead atoms. The summed E-state index contributed by atoms with van der Waals surface area (Å²) < 4.78 is 10.8. The summed E-state index contributed by atoms with van der Waals surface area (Å²) in [6.07, 6.45) is 0. The summed E-state index contributed by atoms with van der Waals surface area (Å²) in [5.74, 6) is 1.07. The van der Waals surface area contributed by atoms with Crippen LogP contribution in [0, 0.1) is 0 Å². The summed E-state index contributed by atoms with van der Waals surface area (Å²) in [7, 11) is 3.32. The maximum absolute atomic E-state index is 12.6. The molecule has 1 amide bonds. The fourth-order valence-electron chi connectivity index (χ4n) is 2.25. The van der Waals surface area contributed by atoms with Gasteiger partial charge in [0.15, 0.2) is 11.5 Å². The van der Waals surface area contributed by atoms with E-state index in [9.17, 15) is 4.79 Å². The summed E-state index contributed by atoms with van der Waals surface area (Å²) in [6.45, 7) is 2.83. The van der Waals surface area contributed by atoms with Gasteiger partial charge in [0.05, 0.1) is 13.7 Å². The third-order valence-electron chi connectivity index (χ3n) is 3.42. The summed E-state index contributed by atoms with van der Waals surface area (Å²) >= 11 is 6.15. The molecule has 0 saturated heterocycles. The number of carbonyl (C=O) groups is 1. The number of hydrogen-bond acceptors (Lipinski definition) is 3. The van der Waals surface area contributed by atoms with Gasteiger partial charge in [-0.3, -0.25) is 4.79 Å². The highest BCUT2D eigenvalue weighted by molar-refractivity contribution is 6.31. The molecular weight excluding hydrogens is 314 g/mol. The third-order valence-corrected chi connectivity index (χ3v) is 3.79. The first kappa shape index (κ1) is 17.2. The van der Waals surface area contributed by atoms with Gasteiger partial charge >= 0.3 is 0 Å². The molecule has 122 valence electrons. The van der Waals surface area contributed by atoms with E-state index < -0.39 is 0 Å². The quantitative estimate of drug-likeness (QED) is 0.801. The lowest BCUT2D eigenvalue weighted by atomic mass is 10.1. The van der Waals surface area contributed by atoms with E-state index in [0.29, 0.717) is 35.2 Å². The van der Waals surface area contributed by atoms with E-state index in [4.69, 9.17) is 21.1 Å². The molecule has 23 heavy (non-hydrogen) atoms. The predicted octanol–water partition coefficient (Wildman–Crippen LogP) is 4.02. The van der Waals surface area contributed by atoms with Crippen molar-refractivity contribution in [2.45, 2.75) is 13.5 Å². The molecule has 0 aliphatic carbocycles. The average Bonchev–Trinajstić information content (AvgIpc) is 2.56. The molecule has 0 N–H and O–H groups in total. The number of ether oxygens (including phenoxy) is 2. The first-order chi connectivity index (χ1) is 11.1. The van der Waals surface area contributed by atoms with E-state index in [1.807, 2.05) is 31.2 Å². The Bertz CT molecular complexity index is 688. The molecule has 0 heterocycles. The molecule has 4 nitrogen and oxygen atoms in total. The number of hydrogen-bond donors (Lipinski definition) is 0. The number of nitrogens with zero attached hydrogens (tertiary/aromatic N) is 1. The molecule has 0 saturated carbocycles. The fraction of sp³-hybridized carbons (Fsp3) is 0.278. The van der Waals surface area contributed by atoms with Gasteiger partial charge in [-0.15, -0.1) is 0 Å². The van der Waals surface area contributed by atoms with Gasteiger partial charge in [0, 0.05) is 24.2 Å². The number of methoxy groups -OCH3 is 1. The Morgan fingerprint density at radius 1 is 1.17 bits per heavy atom. The number of benzene rings is 2. The molecule has 2 aromatic carbocycles. The van der Waals surface area contributed by atoms with Crippen LogP contribution in [0.4, 0.5) is 0 Å². The van der Waals surface area contributed by atoms with Crippen LogP contribution in [0.15, 0.2) is 42.5 Å². The van der Waals surface area contributed by atoms with E-state index in [1.54, 1.807) is 37.3 Å². The largest absolute Gasteiger partial charge is 0.493 e. The minimum Gasteiger partial charge on any atom is -0.493 e. The van der Waals surface area contributed by atoms with Gasteiger partial charge in [-0.25, -0.2) is 0 Å². The van der Waals surface area contributed by atoms with Crippen molar-refractivity contribution in [3.05, 3.63) is 58.6 Å². The average molecular weight is 334 g/mol.